The molecule has 0 aliphatic carbocycles. The quantitative estimate of drug-likeness (QED) is 0.521. The van der Waals surface area contributed by atoms with Gasteiger partial charge < -0.3 is 4.84 Å². The third-order valence-electron chi connectivity index (χ3n) is 5.35. The van der Waals surface area contributed by atoms with Crippen molar-refractivity contribution in [3.8, 4) is 0 Å². The first kappa shape index (κ1) is 18.0. The lowest BCUT2D eigenvalue weighted by Crippen LogP contribution is -2.47. The summed E-state index contributed by atoms with van der Waals surface area (Å²) in [6, 6.07) is 24.2. The molecule has 0 radical (unpaired) electrons. The molecule has 0 amide bonds. The number of amidine groups is 1. The van der Waals surface area contributed by atoms with Gasteiger partial charge in [-0.2, -0.15) is 0 Å². The van der Waals surface area contributed by atoms with E-state index in [0.29, 0.717) is 11.4 Å². The molecule has 4 nitrogen and oxygen atoms in total. The number of anilines is 1. The first-order valence-electron chi connectivity index (χ1n) is 9.59. The zero-order chi connectivity index (χ0) is 20.0. The minimum atomic E-state index is -0.676. The molecule has 29 heavy (non-hydrogen) atoms. The molecule has 2 aliphatic rings. The molecule has 0 N–H and O–H groups in total. The molecule has 3 aromatic carbocycles. The van der Waals surface area contributed by atoms with E-state index in [4.69, 9.17) is 21.4 Å². The maximum absolute atomic E-state index is 6.09. The molecule has 5 heteroatoms. The number of halogens is 1. The number of hydrogen-bond donors (Lipinski definition) is 0. The monoisotopic (exact) mass is 401 g/mol. The average Bonchev–Trinajstić information content (AvgIpc) is 2.99. The van der Waals surface area contributed by atoms with Gasteiger partial charge in [0.2, 0.25) is 5.72 Å². The smallest absolute Gasteiger partial charge is 0.218 e. The highest BCUT2D eigenvalue weighted by Gasteiger charge is 2.46. The molecule has 5 rings (SSSR count). The van der Waals surface area contributed by atoms with E-state index in [1.165, 1.54) is 0 Å². The highest BCUT2D eigenvalue weighted by Crippen LogP contribution is 2.44. The van der Waals surface area contributed by atoms with Crippen LogP contribution in [-0.2, 0) is 4.84 Å². The summed E-state index contributed by atoms with van der Waals surface area (Å²) in [5.41, 5.74) is 5.41. The first-order valence-corrected chi connectivity index (χ1v) is 9.97. The fourth-order valence-corrected chi connectivity index (χ4v) is 4.04. The number of aliphatic imine (C=N–C) groups is 1. The van der Waals surface area contributed by atoms with E-state index in [9.17, 15) is 0 Å². The summed E-state index contributed by atoms with van der Waals surface area (Å²) in [5.74, 6) is 0.763. The molecule has 0 saturated heterocycles. The third kappa shape index (κ3) is 3.10. The van der Waals surface area contributed by atoms with Crippen LogP contribution in [0, 0.1) is 6.92 Å². The predicted molar refractivity (Wildman–Crippen MR) is 118 cm³/mol. The highest BCUT2D eigenvalue weighted by molar-refractivity contribution is 6.30. The summed E-state index contributed by atoms with van der Waals surface area (Å²) in [6.45, 7) is 4.14. The summed E-state index contributed by atoms with van der Waals surface area (Å²) in [6.07, 6.45) is 0.603. The molecule has 0 saturated carbocycles. The van der Waals surface area contributed by atoms with Gasteiger partial charge in [0.1, 0.15) is 0 Å². The number of fused-ring (bicyclic) bond motifs is 3. The van der Waals surface area contributed by atoms with Crippen LogP contribution in [0.5, 0.6) is 0 Å². The lowest BCUT2D eigenvalue weighted by atomic mass is 9.99. The van der Waals surface area contributed by atoms with Crippen molar-refractivity contribution in [2.24, 2.45) is 10.1 Å². The Kier molecular flexibility index (Phi) is 4.18. The van der Waals surface area contributed by atoms with Gasteiger partial charge in [0, 0.05) is 10.6 Å². The maximum Gasteiger partial charge on any atom is 0.218 e. The molecule has 3 aromatic rings. The first-order chi connectivity index (χ1) is 14.0. The Morgan fingerprint density at radius 1 is 0.966 bits per heavy atom. The van der Waals surface area contributed by atoms with Crippen LogP contribution in [0.4, 0.5) is 11.4 Å². The van der Waals surface area contributed by atoms with Crippen LogP contribution in [0.2, 0.25) is 5.02 Å². The van der Waals surface area contributed by atoms with E-state index in [1.54, 1.807) is 0 Å². The maximum atomic E-state index is 6.09. The normalized spacial score (nSPS) is 20.2. The van der Waals surface area contributed by atoms with Gasteiger partial charge in [-0.25, -0.2) is 0 Å². The van der Waals surface area contributed by atoms with Gasteiger partial charge >= 0.3 is 0 Å². The Hall–Kier alpha value is -3.11. The van der Waals surface area contributed by atoms with E-state index in [-0.39, 0.29) is 0 Å². The number of rotatable bonds is 2. The number of hydrogen-bond acceptors (Lipinski definition) is 4. The Morgan fingerprint density at radius 3 is 2.48 bits per heavy atom. The van der Waals surface area contributed by atoms with Crippen LogP contribution in [0.3, 0.4) is 0 Å². The van der Waals surface area contributed by atoms with E-state index in [0.717, 1.165) is 39.6 Å². The van der Waals surface area contributed by atoms with Crippen molar-refractivity contribution in [3.05, 3.63) is 94.5 Å². The Balaban J connectivity index is 1.67. The van der Waals surface area contributed by atoms with Gasteiger partial charge in [-0.15, -0.1) is 0 Å². The SMILES string of the molecule is Cc1ccc2c(c1)N=C(c1ccccc1)C[C@@]1(C)ON=C(c3ccc(Cl)cc3)N21. The second kappa shape index (κ2) is 6.75. The van der Waals surface area contributed by atoms with Gasteiger partial charge in [0.25, 0.3) is 0 Å². The van der Waals surface area contributed by atoms with Crippen molar-refractivity contribution in [2.45, 2.75) is 26.0 Å². The largest absolute Gasteiger partial charge is 0.365 e. The zero-order valence-corrected chi connectivity index (χ0v) is 17.0. The molecule has 0 unspecified atom stereocenters. The van der Waals surface area contributed by atoms with Gasteiger partial charge in [-0.3, -0.25) is 9.89 Å². The number of aryl methyl sites for hydroxylation is 1. The third-order valence-corrected chi connectivity index (χ3v) is 5.60. The van der Waals surface area contributed by atoms with Crippen molar-refractivity contribution in [2.75, 3.05) is 4.90 Å². The Labute approximate surface area is 175 Å². The molecule has 2 heterocycles. The zero-order valence-electron chi connectivity index (χ0n) is 16.3. The van der Waals surface area contributed by atoms with Crippen LogP contribution in [0.1, 0.15) is 30.0 Å². The van der Waals surface area contributed by atoms with E-state index in [2.05, 4.69) is 54.2 Å². The Morgan fingerprint density at radius 2 is 1.72 bits per heavy atom. The molecule has 0 aromatic heterocycles. The van der Waals surface area contributed by atoms with Gasteiger partial charge in [-0.05, 0) is 61.4 Å². The van der Waals surface area contributed by atoms with E-state index in [1.807, 2.05) is 42.5 Å². The molecule has 2 aliphatic heterocycles. The molecular weight excluding hydrogens is 382 g/mol. The van der Waals surface area contributed by atoms with Crippen molar-refractivity contribution < 1.29 is 4.84 Å². The van der Waals surface area contributed by atoms with Crippen LogP contribution in [-0.4, -0.2) is 17.3 Å². The molecule has 144 valence electrons. The number of benzene rings is 3. The van der Waals surface area contributed by atoms with Crippen LogP contribution < -0.4 is 4.90 Å². The lowest BCUT2D eigenvalue weighted by molar-refractivity contribution is 0.00470. The van der Waals surface area contributed by atoms with E-state index >= 15 is 0 Å². The standard InChI is InChI=1S/C24H20ClN3O/c1-16-8-13-22-20(14-16)26-21(17-6-4-3-5-7-17)15-24(2)28(22)23(27-29-24)18-9-11-19(25)12-10-18/h3-14H,15H2,1-2H3/t24-/m1/s1. The van der Waals surface area contributed by atoms with Crippen LogP contribution >= 0.6 is 11.6 Å². The van der Waals surface area contributed by atoms with Crippen molar-refractivity contribution >= 4 is 34.5 Å². The number of nitrogens with zero attached hydrogens (tertiary/aromatic N) is 3. The summed E-state index contributed by atoms with van der Waals surface area (Å²) < 4.78 is 0. The van der Waals surface area contributed by atoms with Gasteiger partial charge in [0.05, 0.1) is 23.5 Å². The highest BCUT2D eigenvalue weighted by atomic mass is 35.5. The van der Waals surface area contributed by atoms with Crippen LogP contribution in [0.25, 0.3) is 0 Å². The molecule has 0 spiro atoms. The fourth-order valence-electron chi connectivity index (χ4n) is 3.91. The lowest BCUT2D eigenvalue weighted by Gasteiger charge is -2.33. The topological polar surface area (TPSA) is 37.2 Å². The molecule has 0 bridgehead atoms. The summed E-state index contributed by atoms with van der Waals surface area (Å²) in [4.78, 5) is 13.3. The van der Waals surface area contributed by atoms with Gasteiger partial charge in [0.15, 0.2) is 5.84 Å². The summed E-state index contributed by atoms with van der Waals surface area (Å²) in [7, 11) is 0. The molecule has 1 atom stereocenters. The molecular formula is C24H20ClN3O. The summed E-state index contributed by atoms with van der Waals surface area (Å²) in [5, 5.41) is 5.18. The number of oxime groups is 1. The predicted octanol–water partition coefficient (Wildman–Crippen LogP) is 6.09. The van der Waals surface area contributed by atoms with Crippen molar-refractivity contribution in [3.63, 3.8) is 0 Å². The second-order valence-electron chi connectivity index (χ2n) is 7.62. The fraction of sp³-hybridized carbons (Fsp3) is 0.167. The van der Waals surface area contributed by atoms with Crippen molar-refractivity contribution in [1.82, 2.24) is 0 Å². The van der Waals surface area contributed by atoms with Gasteiger partial charge in [-0.1, -0.05) is 53.2 Å². The Bertz CT molecular complexity index is 1140. The van der Waals surface area contributed by atoms with Crippen LogP contribution in [0.15, 0.2) is 82.9 Å². The average molecular weight is 402 g/mol. The van der Waals surface area contributed by atoms with Crippen molar-refractivity contribution in [1.29, 1.82) is 0 Å². The second-order valence-corrected chi connectivity index (χ2v) is 8.05. The minimum Gasteiger partial charge on any atom is -0.365 e. The van der Waals surface area contributed by atoms with E-state index < -0.39 is 5.72 Å². The minimum absolute atomic E-state index is 0.603. The molecule has 0 fully saturated rings. The summed E-state index contributed by atoms with van der Waals surface area (Å²) >= 11 is 6.09.